The Morgan fingerprint density at radius 2 is 1.64 bits per heavy atom. The molecule has 0 aromatic rings. The molecule has 5 nitrogen and oxygen atoms in total. The molecule has 84 valence electrons. The Bertz CT molecular complexity index is 182. The van der Waals surface area contributed by atoms with E-state index in [-0.39, 0.29) is 12.5 Å². The van der Waals surface area contributed by atoms with Gasteiger partial charge in [-0.2, -0.15) is 0 Å². The van der Waals surface area contributed by atoms with Crippen LogP contribution in [0.2, 0.25) is 0 Å². The van der Waals surface area contributed by atoms with Gasteiger partial charge in [-0.05, 0) is 5.92 Å². The van der Waals surface area contributed by atoms with E-state index < -0.39 is 30.5 Å². The van der Waals surface area contributed by atoms with Crippen molar-refractivity contribution in [1.82, 2.24) is 0 Å². The van der Waals surface area contributed by atoms with Crippen molar-refractivity contribution in [2.45, 2.75) is 44.4 Å². The average Bonchev–Trinajstić information content (AvgIpc) is 2.14. The normalized spacial score (nSPS) is 44.4. The molecule has 0 amide bonds. The Labute approximate surface area is 82.9 Å². The van der Waals surface area contributed by atoms with Crippen LogP contribution in [0.25, 0.3) is 0 Å². The predicted octanol–water partition coefficient (Wildman–Crippen LogP) is -1.52. The summed E-state index contributed by atoms with van der Waals surface area (Å²) in [6.45, 7) is 3.31. The molecule has 5 heteroatoms. The standard InChI is InChI=1S/C9H18O5/c1-4(2)9-8(13)7(12)6(11)5(3-10)14-9/h4-13H,3H2,1-2H3/t5?,6-,7?,8-,9-/m1/s1. The molecule has 0 aliphatic carbocycles. The van der Waals surface area contributed by atoms with E-state index in [1.165, 1.54) is 0 Å². The number of ether oxygens (including phenoxy) is 1. The minimum absolute atomic E-state index is 0.0150. The number of aliphatic hydroxyl groups excluding tert-OH is 4. The summed E-state index contributed by atoms with van der Waals surface area (Å²) in [5, 5.41) is 37.4. The monoisotopic (exact) mass is 206 g/mol. The SMILES string of the molecule is CC(C)[C@H]1OC(CO)[C@@H](O)C(O)[C@H]1O. The van der Waals surface area contributed by atoms with Gasteiger partial charge in [0.2, 0.25) is 0 Å². The second kappa shape index (κ2) is 4.55. The quantitative estimate of drug-likeness (QED) is 0.441. The lowest BCUT2D eigenvalue weighted by Gasteiger charge is -2.41. The second-order valence-corrected chi connectivity index (χ2v) is 4.04. The van der Waals surface area contributed by atoms with E-state index in [2.05, 4.69) is 0 Å². The summed E-state index contributed by atoms with van der Waals surface area (Å²) < 4.78 is 5.28. The fraction of sp³-hybridized carbons (Fsp3) is 1.00. The van der Waals surface area contributed by atoms with Crippen molar-refractivity contribution in [2.75, 3.05) is 6.61 Å². The van der Waals surface area contributed by atoms with E-state index in [0.717, 1.165) is 0 Å². The molecule has 1 saturated heterocycles. The van der Waals surface area contributed by atoms with E-state index in [1.54, 1.807) is 0 Å². The van der Waals surface area contributed by atoms with Gasteiger partial charge in [0.25, 0.3) is 0 Å². The highest BCUT2D eigenvalue weighted by Gasteiger charge is 2.44. The smallest absolute Gasteiger partial charge is 0.111 e. The fourth-order valence-corrected chi connectivity index (χ4v) is 1.68. The Hall–Kier alpha value is -0.200. The van der Waals surface area contributed by atoms with Crippen LogP contribution in [0.1, 0.15) is 13.8 Å². The second-order valence-electron chi connectivity index (χ2n) is 4.04. The van der Waals surface area contributed by atoms with Gasteiger partial charge < -0.3 is 25.2 Å². The van der Waals surface area contributed by atoms with Gasteiger partial charge in [-0.3, -0.25) is 0 Å². The summed E-state index contributed by atoms with van der Waals surface area (Å²) in [6, 6.07) is 0. The zero-order valence-corrected chi connectivity index (χ0v) is 8.37. The van der Waals surface area contributed by atoms with E-state index in [9.17, 15) is 15.3 Å². The molecule has 1 fully saturated rings. The van der Waals surface area contributed by atoms with E-state index >= 15 is 0 Å². The van der Waals surface area contributed by atoms with Gasteiger partial charge in [0.15, 0.2) is 0 Å². The number of rotatable bonds is 2. The number of hydrogen-bond donors (Lipinski definition) is 4. The highest BCUT2D eigenvalue weighted by molar-refractivity contribution is 4.92. The van der Waals surface area contributed by atoms with Crippen LogP contribution in [0.3, 0.4) is 0 Å². The predicted molar refractivity (Wildman–Crippen MR) is 48.6 cm³/mol. The molecular weight excluding hydrogens is 188 g/mol. The summed E-state index contributed by atoms with van der Waals surface area (Å²) >= 11 is 0. The molecule has 1 aliphatic rings. The molecule has 0 saturated carbocycles. The lowest BCUT2D eigenvalue weighted by molar-refractivity contribution is -0.238. The average molecular weight is 206 g/mol. The summed E-state index contributed by atoms with van der Waals surface area (Å²) in [5.41, 5.74) is 0. The van der Waals surface area contributed by atoms with Crippen LogP contribution in [0.15, 0.2) is 0 Å². The lowest BCUT2D eigenvalue weighted by atomic mass is 9.90. The van der Waals surface area contributed by atoms with Crippen molar-refractivity contribution < 1.29 is 25.2 Å². The Morgan fingerprint density at radius 3 is 2.07 bits per heavy atom. The highest BCUT2D eigenvalue weighted by Crippen LogP contribution is 2.25. The topological polar surface area (TPSA) is 90.2 Å². The molecule has 0 spiro atoms. The van der Waals surface area contributed by atoms with E-state index in [1.807, 2.05) is 13.8 Å². The fourth-order valence-electron chi connectivity index (χ4n) is 1.68. The molecule has 5 atom stereocenters. The molecule has 4 N–H and O–H groups in total. The first-order valence-corrected chi connectivity index (χ1v) is 4.79. The molecule has 0 aromatic heterocycles. The van der Waals surface area contributed by atoms with Gasteiger partial charge in [-0.1, -0.05) is 13.8 Å². The largest absolute Gasteiger partial charge is 0.394 e. The molecule has 2 unspecified atom stereocenters. The molecule has 1 rings (SSSR count). The maximum Gasteiger partial charge on any atom is 0.111 e. The zero-order valence-electron chi connectivity index (χ0n) is 8.37. The molecule has 0 radical (unpaired) electrons. The maximum absolute atomic E-state index is 9.57. The van der Waals surface area contributed by atoms with Gasteiger partial charge >= 0.3 is 0 Å². The third-order valence-electron chi connectivity index (χ3n) is 2.59. The van der Waals surface area contributed by atoms with Gasteiger partial charge in [0.05, 0.1) is 12.7 Å². The number of aliphatic hydroxyl groups is 4. The Morgan fingerprint density at radius 1 is 1.07 bits per heavy atom. The lowest BCUT2D eigenvalue weighted by Crippen LogP contribution is -2.59. The van der Waals surface area contributed by atoms with Gasteiger partial charge in [0, 0.05) is 0 Å². The van der Waals surface area contributed by atoms with E-state index in [4.69, 9.17) is 9.84 Å². The molecule has 0 aromatic carbocycles. The molecule has 14 heavy (non-hydrogen) atoms. The Balaban J connectivity index is 2.73. The van der Waals surface area contributed by atoms with Gasteiger partial charge in [0.1, 0.15) is 24.4 Å². The van der Waals surface area contributed by atoms with Crippen molar-refractivity contribution >= 4 is 0 Å². The first-order valence-electron chi connectivity index (χ1n) is 4.79. The molecular formula is C9H18O5. The zero-order chi connectivity index (χ0) is 10.9. The summed E-state index contributed by atoms with van der Waals surface area (Å²) in [6.07, 6.45) is -4.96. The third kappa shape index (κ3) is 2.07. The first kappa shape index (κ1) is 11.9. The van der Waals surface area contributed by atoms with Crippen LogP contribution in [-0.4, -0.2) is 57.6 Å². The van der Waals surface area contributed by atoms with Crippen LogP contribution in [0, 0.1) is 5.92 Å². The summed E-state index contributed by atoms with van der Waals surface area (Å²) in [5.74, 6) is 0.0150. The van der Waals surface area contributed by atoms with Gasteiger partial charge in [-0.15, -0.1) is 0 Å². The van der Waals surface area contributed by atoms with Crippen LogP contribution in [0.5, 0.6) is 0 Å². The van der Waals surface area contributed by atoms with Crippen molar-refractivity contribution in [3.8, 4) is 0 Å². The molecule has 0 bridgehead atoms. The maximum atomic E-state index is 9.57. The minimum Gasteiger partial charge on any atom is -0.394 e. The number of hydrogen-bond acceptors (Lipinski definition) is 5. The summed E-state index contributed by atoms with van der Waals surface area (Å²) in [7, 11) is 0. The van der Waals surface area contributed by atoms with Crippen molar-refractivity contribution in [2.24, 2.45) is 5.92 Å². The molecule has 1 heterocycles. The van der Waals surface area contributed by atoms with Crippen LogP contribution in [-0.2, 0) is 4.74 Å². The summed E-state index contributed by atoms with van der Waals surface area (Å²) in [4.78, 5) is 0. The van der Waals surface area contributed by atoms with E-state index in [0.29, 0.717) is 0 Å². The van der Waals surface area contributed by atoms with Crippen LogP contribution >= 0.6 is 0 Å². The third-order valence-corrected chi connectivity index (χ3v) is 2.59. The Kier molecular flexibility index (Phi) is 3.86. The van der Waals surface area contributed by atoms with Crippen molar-refractivity contribution in [1.29, 1.82) is 0 Å². The van der Waals surface area contributed by atoms with Crippen LogP contribution in [0.4, 0.5) is 0 Å². The van der Waals surface area contributed by atoms with Crippen molar-refractivity contribution in [3.05, 3.63) is 0 Å². The van der Waals surface area contributed by atoms with Gasteiger partial charge in [-0.25, -0.2) is 0 Å². The minimum atomic E-state index is -1.26. The van der Waals surface area contributed by atoms with Crippen molar-refractivity contribution in [3.63, 3.8) is 0 Å². The highest BCUT2D eigenvalue weighted by atomic mass is 16.5. The van der Waals surface area contributed by atoms with Crippen LogP contribution < -0.4 is 0 Å². The first-order chi connectivity index (χ1) is 6.49. The molecule has 1 aliphatic heterocycles.